The Morgan fingerprint density at radius 2 is 1.59 bits per heavy atom. The predicted octanol–water partition coefficient (Wildman–Crippen LogP) is 3.71. The van der Waals surface area contributed by atoms with Gasteiger partial charge < -0.3 is 10.2 Å². The summed E-state index contributed by atoms with van der Waals surface area (Å²) in [6.45, 7) is 11.0. The summed E-state index contributed by atoms with van der Waals surface area (Å²) in [7, 11) is -3.75. The number of anilines is 1. The lowest BCUT2D eigenvalue weighted by molar-refractivity contribution is -0.139. The molecule has 2 rings (SSSR count). The fourth-order valence-corrected chi connectivity index (χ4v) is 4.52. The SMILES string of the molecule is CC[C@H](C)NC(=O)[C@@H](C)N(Cc1ccccc1C)C(=O)CN(c1cccc(C)c1C)S(C)(=O)=O. The molecule has 2 amide bonds. The van der Waals surface area contributed by atoms with Gasteiger partial charge in [0.15, 0.2) is 0 Å². The van der Waals surface area contributed by atoms with Gasteiger partial charge in [-0.15, -0.1) is 0 Å². The number of benzene rings is 2. The van der Waals surface area contributed by atoms with Crippen LogP contribution in [0.2, 0.25) is 0 Å². The average Bonchev–Trinajstić information content (AvgIpc) is 2.77. The summed E-state index contributed by atoms with van der Waals surface area (Å²) >= 11 is 0. The summed E-state index contributed by atoms with van der Waals surface area (Å²) in [6, 6.07) is 12.2. The monoisotopic (exact) mass is 487 g/mol. The molecule has 1 N–H and O–H groups in total. The first-order chi connectivity index (χ1) is 15.9. The second-order valence-electron chi connectivity index (χ2n) is 8.93. The number of nitrogens with one attached hydrogen (secondary N) is 1. The molecule has 34 heavy (non-hydrogen) atoms. The van der Waals surface area contributed by atoms with Crippen molar-refractivity contribution in [2.75, 3.05) is 17.1 Å². The van der Waals surface area contributed by atoms with Crippen LogP contribution in [0.3, 0.4) is 0 Å². The molecule has 0 aliphatic rings. The van der Waals surface area contributed by atoms with E-state index < -0.39 is 28.5 Å². The molecule has 0 radical (unpaired) electrons. The first kappa shape index (κ1) is 27.4. The highest BCUT2D eigenvalue weighted by molar-refractivity contribution is 7.92. The van der Waals surface area contributed by atoms with Crippen LogP contribution in [0.5, 0.6) is 0 Å². The summed E-state index contributed by atoms with van der Waals surface area (Å²) in [4.78, 5) is 28.0. The van der Waals surface area contributed by atoms with E-state index in [1.165, 1.54) is 4.90 Å². The van der Waals surface area contributed by atoms with E-state index >= 15 is 0 Å². The number of carbonyl (C=O) groups excluding carboxylic acids is 2. The maximum atomic E-state index is 13.6. The molecule has 186 valence electrons. The van der Waals surface area contributed by atoms with E-state index in [0.717, 1.165) is 39.2 Å². The highest BCUT2D eigenvalue weighted by Gasteiger charge is 2.31. The van der Waals surface area contributed by atoms with E-state index in [-0.39, 0.29) is 18.5 Å². The first-order valence-corrected chi connectivity index (χ1v) is 13.4. The minimum Gasteiger partial charge on any atom is -0.352 e. The number of sulfonamides is 1. The smallest absolute Gasteiger partial charge is 0.244 e. The lowest BCUT2D eigenvalue weighted by Crippen LogP contribution is -2.52. The molecule has 0 unspecified atom stereocenters. The van der Waals surface area contributed by atoms with Crippen molar-refractivity contribution in [3.8, 4) is 0 Å². The van der Waals surface area contributed by atoms with Gasteiger partial charge in [0, 0.05) is 12.6 Å². The Hall–Kier alpha value is -2.87. The number of aryl methyl sites for hydroxylation is 2. The van der Waals surface area contributed by atoms with Gasteiger partial charge in [-0.1, -0.05) is 43.3 Å². The molecule has 0 fully saturated rings. The summed E-state index contributed by atoms with van der Waals surface area (Å²) in [5, 5.41) is 2.93. The largest absolute Gasteiger partial charge is 0.352 e. The zero-order valence-corrected chi connectivity index (χ0v) is 22.1. The summed E-state index contributed by atoms with van der Waals surface area (Å²) in [5.41, 5.74) is 4.06. The number of hydrogen-bond acceptors (Lipinski definition) is 4. The second-order valence-corrected chi connectivity index (χ2v) is 10.8. The zero-order valence-electron chi connectivity index (χ0n) is 21.3. The van der Waals surface area contributed by atoms with Gasteiger partial charge in [0.1, 0.15) is 12.6 Å². The molecule has 0 spiro atoms. The minimum absolute atomic E-state index is 0.0344. The van der Waals surface area contributed by atoms with Gasteiger partial charge >= 0.3 is 0 Å². The predicted molar refractivity (Wildman–Crippen MR) is 137 cm³/mol. The van der Waals surface area contributed by atoms with Crippen LogP contribution in [-0.2, 0) is 26.2 Å². The Morgan fingerprint density at radius 1 is 0.971 bits per heavy atom. The maximum Gasteiger partial charge on any atom is 0.244 e. The van der Waals surface area contributed by atoms with Crippen molar-refractivity contribution in [3.63, 3.8) is 0 Å². The molecular weight excluding hydrogens is 450 g/mol. The average molecular weight is 488 g/mol. The van der Waals surface area contributed by atoms with Crippen LogP contribution in [-0.4, -0.2) is 50.0 Å². The van der Waals surface area contributed by atoms with Gasteiger partial charge in [0.2, 0.25) is 21.8 Å². The van der Waals surface area contributed by atoms with Crippen molar-refractivity contribution in [1.82, 2.24) is 10.2 Å². The van der Waals surface area contributed by atoms with Gasteiger partial charge in [-0.05, 0) is 69.4 Å². The highest BCUT2D eigenvalue weighted by Crippen LogP contribution is 2.25. The summed E-state index contributed by atoms with van der Waals surface area (Å²) in [5.74, 6) is -0.713. The molecule has 0 bridgehead atoms. The number of rotatable bonds is 10. The standard InChI is InChI=1S/C26H37N3O4S/c1-8-20(4)27-26(31)22(6)28(16-23-14-10-9-12-19(23)3)25(30)17-29(34(7,32)33)24-15-11-13-18(2)21(24)5/h9-15,20,22H,8,16-17H2,1-7H3,(H,27,31)/t20-,22+/m0/s1. The lowest BCUT2D eigenvalue weighted by Gasteiger charge is -2.32. The third-order valence-corrected chi connectivity index (χ3v) is 7.42. The van der Waals surface area contributed by atoms with E-state index in [2.05, 4.69) is 5.32 Å². The fourth-order valence-electron chi connectivity index (χ4n) is 3.62. The van der Waals surface area contributed by atoms with Gasteiger partial charge in [0.25, 0.3) is 0 Å². The fraction of sp³-hybridized carbons (Fsp3) is 0.462. The Morgan fingerprint density at radius 3 is 2.18 bits per heavy atom. The van der Waals surface area contributed by atoms with Crippen molar-refractivity contribution in [3.05, 3.63) is 64.7 Å². The Balaban J connectivity index is 2.45. The van der Waals surface area contributed by atoms with Gasteiger partial charge in [-0.2, -0.15) is 0 Å². The molecule has 2 aromatic carbocycles. The number of nitrogens with zero attached hydrogens (tertiary/aromatic N) is 2. The van der Waals surface area contributed by atoms with Crippen LogP contribution in [0.15, 0.2) is 42.5 Å². The summed E-state index contributed by atoms with van der Waals surface area (Å²) in [6.07, 6.45) is 1.85. The lowest BCUT2D eigenvalue weighted by atomic mass is 10.1. The molecule has 0 saturated carbocycles. The van der Waals surface area contributed by atoms with E-state index in [4.69, 9.17) is 0 Å². The molecule has 0 heterocycles. The van der Waals surface area contributed by atoms with Crippen molar-refractivity contribution in [1.29, 1.82) is 0 Å². The van der Waals surface area contributed by atoms with Crippen LogP contribution >= 0.6 is 0 Å². The maximum absolute atomic E-state index is 13.6. The van der Waals surface area contributed by atoms with Gasteiger partial charge in [0.05, 0.1) is 11.9 Å². The third-order valence-electron chi connectivity index (χ3n) is 6.29. The van der Waals surface area contributed by atoms with Crippen LogP contribution in [0.25, 0.3) is 0 Å². The van der Waals surface area contributed by atoms with E-state index in [1.807, 2.05) is 65.0 Å². The topological polar surface area (TPSA) is 86.8 Å². The van der Waals surface area contributed by atoms with Gasteiger partial charge in [-0.25, -0.2) is 8.42 Å². The van der Waals surface area contributed by atoms with Crippen molar-refractivity contribution in [2.45, 2.75) is 66.6 Å². The molecule has 0 saturated heterocycles. The normalized spacial score (nSPS) is 13.1. The number of amides is 2. The molecule has 0 aromatic heterocycles. The number of carbonyl (C=O) groups is 2. The molecule has 7 nitrogen and oxygen atoms in total. The molecule has 8 heteroatoms. The molecule has 0 aliphatic carbocycles. The van der Waals surface area contributed by atoms with Crippen LogP contribution in [0, 0.1) is 20.8 Å². The Bertz CT molecular complexity index is 1130. The third kappa shape index (κ3) is 6.82. The Kier molecular flexibility index (Phi) is 9.27. The van der Waals surface area contributed by atoms with Crippen molar-refractivity contribution < 1.29 is 18.0 Å². The van der Waals surface area contributed by atoms with Crippen LogP contribution in [0.4, 0.5) is 5.69 Å². The van der Waals surface area contributed by atoms with Gasteiger partial charge in [-0.3, -0.25) is 13.9 Å². The van der Waals surface area contributed by atoms with Crippen LogP contribution in [0.1, 0.15) is 49.4 Å². The number of hydrogen-bond donors (Lipinski definition) is 1. The molecule has 0 aliphatic heterocycles. The summed E-state index contributed by atoms with van der Waals surface area (Å²) < 4.78 is 26.6. The molecule has 2 aromatic rings. The van der Waals surface area contributed by atoms with E-state index in [9.17, 15) is 18.0 Å². The Labute approximate surface area is 204 Å². The molecular formula is C26H37N3O4S. The van der Waals surface area contributed by atoms with Crippen molar-refractivity contribution in [2.24, 2.45) is 0 Å². The second kappa shape index (κ2) is 11.5. The van der Waals surface area contributed by atoms with E-state index in [0.29, 0.717) is 5.69 Å². The zero-order chi connectivity index (χ0) is 25.6. The minimum atomic E-state index is -3.75. The first-order valence-electron chi connectivity index (χ1n) is 11.5. The van der Waals surface area contributed by atoms with Crippen molar-refractivity contribution >= 4 is 27.5 Å². The highest BCUT2D eigenvalue weighted by atomic mass is 32.2. The van der Waals surface area contributed by atoms with E-state index in [1.54, 1.807) is 19.1 Å². The van der Waals surface area contributed by atoms with Crippen LogP contribution < -0.4 is 9.62 Å². The molecule has 2 atom stereocenters. The quantitative estimate of drug-likeness (QED) is 0.554.